The van der Waals surface area contributed by atoms with Crippen molar-refractivity contribution in [3.63, 3.8) is 0 Å². The third-order valence-electron chi connectivity index (χ3n) is 5.46. The van der Waals surface area contributed by atoms with Crippen LogP contribution in [-0.2, 0) is 27.7 Å². The van der Waals surface area contributed by atoms with Gasteiger partial charge < -0.3 is 9.30 Å². The Kier molecular flexibility index (Phi) is 5.42. The van der Waals surface area contributed by atoms with Crippen LogP contribution in [0.5, 0.6) is 0 Å². The minimum absolute atomic E-state index is 0.281. The van der Waals surface area contributed by atoms with E-state index >= 15 is 0 Å². The molecule has 5 nitrogen and oxygen atoms in total. The number of fused-ring (bicyclic) bond motifs is 1. The third kappa shape index (κ3) is 4.08. The lowest BCUT2D eigenvalue weighted by atomic mass is 10.0. The number of hydrogen-bond donors (Lipinski definition) is 1. The second-order valence-corrected chi connectivity index (χ2v) is 9.08. The van der Waals surface area contributed by atoms with Gasteiger partial charge in [0.2, 0.25) is 0 Å². The molecule has 0 unspecified atom stereocenters. The van der Waals surface area contributed by atoms with E-state index in [1.165, 1.54) is 5.56 Å². The highest BCUT2D eigenvalue weighted by molar-refractivity contribution is 7.92. The van der Waals surface area contributed by atoms with Crippen LogP contribution >= 0.6 is 0 Å². The van der Waals surface area contributed by atoms with Crippen molar-refractivity contribution >= 4 is 26.6 Å². The molecule has 0 amide bonds. The molecule has 0 atom stereocenters. The predicted molar refractivity (Wildman–Crippen MR) is 112 cm³/mol. The maximum atomic E-state index is 12.8. The van der Waals surface area contributed by atoms with Crippen LogP contribution in [0.25, 0.3) is 10.9 Å². The molecule has 28 heavy (non-hydrogen) atoms. The number of aromatic nitrogens is 1. The second kappa shape index (κ2) is 7.97. The number of rotatable bonds is 6. The van der Waals surface area contributed by atoms with E-state index in [0.29, 0.717) is 11.6 Å². The van der Waals surface area contributed by atoms with Crippen molar-refractivity contribution in [2.24, 2.45) is 5.92 Å². The maximum Gasteiger partial charge on any atom is 0.261 e. The van der Waals surface area contributed by atoms with Gasteiger partial charge in [0, 0.05) is 42.5 Å². The zero-order valence-corrected chi connectivity index (χ0v) is 16.9. The van der Waals surface area contributed by atoms with Crippen molar-refractivity contribution in [1.82, 2.24) is 4.57 Å². The van der Waals surface area contributed by atoms with Gasteiger partial charge in [-0.1, -0.05) is 19.1 Å². The highest BCUT2D eigenvalue weighted by Crippen LogP contribution is 2.25. The zero-order chi connectivity index (χ0) is 19.6. The minimum atomic E-state index is -3.62. The molecule has 1 aromatic heterocycles. The lowest BCUT2D eigenvalue weighted by Crippen LogP contribution is -2.20. The fourth-order valence-electron chi connectivity index (χ4n) is 3.73. The van der Waals surface area contributed by atoms with Crippen LogP contribution in [0.3, 0.4) is 0 Å². The first-order valence-electron chi connectivity index (χ1n) is 9.83. The Morgan fingerprint density at radius 3 is 2.54 bits per heavy atom. The van der Waals surface area contributed by atoms with Crippen LogP contribution < -0.4 is 4.72 Å². The molecule has 0 bridgehead atoms. The Labute approximate surface area is 166 Å². The largest absolute Gasteiger partial charge is 0.381 e. The van der Waals surface area contributed by atoms with Crippen LogP contribution in [0, 0.1) is 5.92 Å². The Balaban J connectivity index is 1.54. The van der Waals surface area contributed by atoms with Gasteiger partial charge >= 0.3 is 0 Å². The molecule has 0 saturated carbocycles. The van der Waals surface area contributed by atoms with Crippen molar-refractivity contribution in [1.29, 1.82) is 0 Å². The number of anilines is 1. The first-order chi connectivity index (χ1) is 13.5. The van der Waals surface area contributed by atoms with Crippen molar-refractivity contribution in [2.45, 2.75) is 37.6 Å². The van der Waals surface area contributed by atoms with Gasteiger partial charge in [0.25, 0.3) is 10.0 Å². The molecule has 4 rings (SSSR count). The number of nitrogens with one attached hydrogen (secondary N) is 1. The molecule has 1 N–H and O–H groups in total. The lowest BCUT2D eigenvalue weighted by molar-refractivity contribution is 0.0616. The van der Waals surface area contributed by atoms with Gasteiger partial charge in [-0.3, -0.25) is 4.72 Å². The molecule has 1 saturated heterocycles. The highest BCUT2D eigenvalue weighted by atomic mass is 32.2. The molecule has 1 fully saturated rings. The van der Waals surface area contributed by atoms with E-state index in [4.69, 9.17) is 4.74 Å². The molecular weight excluding hydrogens is 372 g/mol. The van der Waals surface area contributed by atoms with Gasteiger partial charge in [-0.25, -0.2) is 8.42 Å². The molecule has 6 heteroatoms. The molecule has 148 valence electrons. The normalized spacial score (nSPS) is 15.8. The Bertz CT molecular complexity index is 1050. The summed E-state index contributed by atoms with van der Waals surface area (Å²) in [5, 5.41) is 0.941. The topological polar surface area (TPSA) is 60.3 Å². The standard InChI is InChI=1S/C22H26N2O3S/c1-2-17-3-5-20(6-4-17)23-28(25,26)21-7-8-22-19(15-21)9-12-24(22)16-18-10-13-27-14-11-18/h3-9,12,15,18,23H,2,10-11,13-14,16H2,1H3. The summed E-state index contributed by atoms with van der Waals surface area (Å²) in [7, 11) is -3.62. The van der Waals surface area contributed by atoms with E-state index < -0.39 is 10.0 Å². The first kappa shape index (κ1) is 19.0. The number of sulfonamides is 1. The van der Waals surface area contributed by atoms with E-state index in [1.807, 2.05) is 30.5 Å². The molecule has 1 aliphatic heterocycles. The number of benzene rings is 2. The fraction of sp³-hybridized carbons (Fsp3) is 0.364. The van der Waals surface area contributed by atoms with Crippen molar-refractivity contribution in [3.05, 3.63) is 60.3 Å². The van der Waals surface area contributed by atoms with Gasteiger partial charge in [-0.05, 0) is 67.1 Å². The summed E-state index contributed by atoms with van der Waals surface area (Å²) in [6.07, 6.45) is 5.13. The highest BCUT2D eigenvalue weighted by Gasteiger charge is 2.18. The summed E-state index contributed by atoms with van der Waals surface area (Å²) in [6, 6.07) is 14.8. The van der Waals surface area contributed by atoms with Crippen molar-refractivity contribution < 1.29 is 13.2 Å². The van der Waals surface area contributed by atoms with E-state index in [1.54, 1.807) is 24.3 Å². The Hall–Kier alpha value is -2.31. The van der Waals surface area contributed by atoms with Crippen LogP contribution in [0.4, 0.5) is 5.69 Å². The molecule has 2 heterocycles. The molecule has 0 radical (unpaired) electrons. The van der Waals surface area contributed by atoms with E-state index in [9.17, 15) is 8.42 Å². The molecule has 3 aromatic rings. The number of aryl methyl sites for hydroxylation is 1. The van der Waals surface area contributed by atoms with Crippen molar-refractivity contribution in [3.8, 4) is 0 Å². The van der Waals surface area contributed by atoms with Crippen molar-refractivity contribution in [2.75, 3.05) is 17.9 Å². The molecule has 1 aliphatic rings. The average molecular weight is 399 g/mol. The summed E-state index contributed by atoms with van der Waals surface area (Å²) in [6.45, 7) is 4.68. The number of hydrogen-bond acceptors (Lipinski definition) is 3. The van der Waals surface area contributed by atoms with Gasteiger partial charge in [0.1, 0.15) is 0 Å². The number of nitrogens with zero attached hydrogens (tertiary/aromatic N) is 1. The van der Waals surface area contributed by atoms with E-state index in [-0.39, 0.29) is 4.90 Å². The predicted octanol–water partition coefficient (Wildman–Crippen LogP) is 4.43. The van der Waals surface area contributed by atoms with Gasteiger partial charge in [-0.15, -0.1) is 0 Å². The van der Waals surface area contributed by atoms with Crippen LogP contribution in [0.1, 0.15) is 25.3 Å². The summed E-state index contributed by atoms with van der Waals surface area (Å²) in [4.78, 5) is 0.281. The zero-order valence-electron chi connectivity index (χ0n) is 16.1. The summed E-state index contributed by atoms with van der Waals surface area (Å²) in [5.41, 5.74) is 2.82. The van der Waals surface area contributed by atoms with Crippen LogP contribution in [0.2, 0.25) is 0 Å². The average Bonchev–Trinajstić information content (AvgIpc) is 3.11. The van der Waals surface area contributed by atoms with E-state index in [0.717, 1.165) is 49.9 Å². The quantitative estimate of drug-likeness (QED) is 0.668. The van der Waals surface area contributed by atoms with E-state index in [2.05, 4.69) is 16.2 Å². The first-order valence-corrected chi connectivity index (χ1v) is 11.3. The smallest absolute Gasteiger partial charge is 0.261 e. The van der Waals surface area contributed by atoms with Gasteiger partial charge in [0.15, 0.2) is 0 Å². The maximum absolute atomic E-state index is 12.8. The van der Waals surface area contributed by atoms with Gasteiger partial charge in [-0.2, -0.15) is 0 Å². The minimum Gasteiger partial charge on any atom is -0.381 e. The third-order valence-corrected chi connectivity index (χ3v) is 6.84. The molecule has 2 aromatic carbocycles. The second-order valence-electron chi connectivity index (χ2n) is 7.40. The monoisotopic (exact) mass is 398 g/mol. The Morgan fingerprint density at radius 2 is 1.82 bits per heavy atom. The molecule has 0 aliphatic carbocycles. The molecule has 0 spiro atoms. The fourth-order valence-corrected chi connectivity index (χ4v) is 4.83. The number of ether oxygens (including phenoxy) is 1. The lowest BCUT2D eigenvalue weighted by Gasteiger charge is -2.22. The van der Waals surface area contributed by atoms with Crippen LogP contribution in [-0.4, -0.2) is 26.2 Å². The summed E-state index contributed by atoms with van der Waals surface area (Å²) < 4.78 is 35.9. The summed E-state index contributed by atoms with van der Waals surface area (Å²) >= 11 is 0. The van der Waals surface area contributed by atoms with Gasteiger partial charge in [0.05, 0.1) is 4.90 Å². The summed E-state index contributed by atoms with van der Waals surface area (Å²) in [5.74, 6) is 0.612. The SMILES string of the molecule is CCc1ccc(NS(=O)(=O)c2ccc3c(ccn3CC3CCOCC3)c2)cc1. The molecular formula is C22H26N2O3S. The Morgan fingerprint density at radius 1 is 1.07 bits per heavy atom. The van der Waals surface area contributed by atoms with Crippen LogP contribution in [0.15, 0.2) is 59.6 Å².